The van der Waals surface area contributed by atoms with Gasteiger partial charge in [-0.1, -0.05) is 18.2 Å². The molecule has 0 spiro atoms. The Labute approximate surface area is 191 Å². The van der Waals surface area contributed by atoms with Gasteiger partial charge in [-0.2, -0.15) is 0 Å². The standard InChI is InChI=1S/C22H32N4O2.HI/c1-5-27-12-13-28-21-14-17(2)6-9-20(21)16-26-22(23-4)24-11-10-19-8-7-18(3)25-15-19;/h6-9,14-15H,5,10-13,16H2,1-4H3,(H2,23,24,26);1H. The second kappa shape index (κ2) is 14.2. The monoisotopic (exact) mass is 512 g/mol. The third kappa shape index (κ3) is 9.45. The quantitative estimate of drug-likeness (QED) is 0.220. The van der Waals surface area contributed by atoms with Crippen LogP contribution < -0.4 is 15.4 Å². The predicted molar refractivity (Wildman–Crippen MR) is 129 cm³/mol. The number of halogens is 1. The number of aromatic nitrogens is 1. The molecule has 0 radical (unpaired) electrons. The van der Waals surface area contributed by atoms with Gasteiger partial charge in [0, 0.05) is 44.2 Å². The zero-order valence-corrected chi connectivity index (χ0v) is 20.2. The van der Waals surface area contributed by atoms with E-state index >= 15 is 0 Å². The molecule has 0 saturated carbocycles. The molecule has 1 aromatic carbocycles. The molecule has 0 aliphatic carbocycles. The van der Waals surface area contributed by atoms with Gasteiger partial charge in [0.15, 0.2) is 5.96 Å². The highest BCUT2D eigenvalue weighted by Crippen LogP contribution is 2.20. The summed E-state index contributed by atoms with van der Waals surface area (Å²) in [6.07, 6.45) is 2.82. The van der Waals surface area contributed by atoms with Crippen LogP contribution in [0.25, 0.3) is 0 Å². The number of benzene rings is 1. The highest BCUT2D eigenvalue weighted by atomic mass is 127. The van der Waals surface area contributed by atoms with E-state index in [4.69, 9.17) is 9.47 Å². The van der Waals surface area contributed by atoms with Crippen molar-refractivity contribution in [1.82, 2.24) is 15.6 Å². The van der Waals surface area contributed by atoms with Gasteiger partial charge < -0.3 is 20.1 Å². The molecule has 1 heterocycles. The number of aryl methyl sites for hydroxylation is 2. The number of nitrogens with one attached hydrogen (secondary N) is 2. The first kappa shape index (κ1) is 25.2. The molecule has 2 N–H and O–H groups in total. The minimum absolute atomic E-state index is 0. The van der Waals surface area contributed by atoms with Crippen LogP contribution in [0.4, 0.5) is 0 Å². The second-order valence-corrected chi connectivity index (χ2v) is 6.57. The Balaban J connectivity index is 0.00000420. The van der Waals surface area contributed by atoms with Crippen LogP contribution in [0, 0.1) is 13.8 Å². The third-order valence-electron chi connectivity index (χ3n) is 4.26. The van der Waals surface area contributed by atoms with Crippen LogP contribution in [-0.4, -0.2) is 44.4 Å². The number of ether oxygens (including phenoxy) is 2. The first-order valence-electron chi connectivity index (χ1n) is 9.78. The largest absolute Gasteiger partial charge is 0.491 e. The topological polar surface area (TPSA) is 67.8 Å². The summed E-state index contributed by atoms with van der Waals surface area (Å²) in [4.78, 5) is 8.63. The molecule has 0 unspecified atom stereocenters. The Morgan fingerprint density at radius 3 is 2.62 bits per heavy atom. The maximum Gasteiger partial charge on any atom is 0.191 e. The summed E-state index contributed by atoms with van der Waals surface area (Å²) in [5.74, 6) is 1.65. The fraction of sp³-hybridized carbons (Fsp3) is 0.455. The molecule has 6 nitrogen and oxygen atoms in total. The van der Waals surface area contributed by atoms with Gasteiger partial charge in [-0.3, -0.25) is 9.98 Å². The summed E-state index contributed by atoms with van der Waals surface area (Å²) in [6.45, 7) is 9.30. The van der Waals surface area contributed by atoms with Gasteiger partial charge in [0.25, 0.3) is 0 Å². The van der Waals surface area contributed by atoms with E-state index < -0.39 is 0 Å². The number of rotatable bonds is 10. The summed E-state index contributed by atoms with van der Waals surface area (Å²) in [7, 11) is 1.78. The third-order valence-corrected chi connectivity index (χ3v) is 4.26. The zero-order valence-electron chi connectivity index (χ0n) is 17.8. The predicted octanol–water partition coefficient (Wildman–Crippen LogP) is 3.64. The van der Waals surface area contributed by atoms with E-state index in [0.29, 0.717) is 26.4 Å². The zero-order chi connectivity index (χ0) is 20.2. The number of hydrogen-bond acceptors (Lipinski definition) is 4. The van der Waals surface area contributed by atoms with Crippen LogP contribution in [0.1, 0.15) is 29.3 Å². The van der Waals surface area contributed by atoms with Crippen LogP contribution in [0.5, 0.6) is 5.75 Å². The van der Waals surface area contributed by atoms with E-state index in [2.05, 4.69) is 51.8 Å². The van der Waals surface area contributed by atoms with Gasteiger partial charge in [-0.25, -0.2) is 0 Å². The first-order chi connectivity index (χ1) is 13.6. The maximum absolute atomic E-state index is 5.90. The molecule has 0 aliphatic heterocycles. The van der Waals surface area contributed by atoms with Crippen LogP contribution in [0.15, 0.2) is 41.5 Å². The molecule has 29 heavy (non-hydrogen) atoms. The first-order valence-corrected chi connectivity index (χ1v) is 9.78. The van der Waals surface area contributed by atoms with Crippen molar-refractivity contribution in [2.24, 2.45) is 4.99 Å². The molecule has 0 amide bonds. The smallest absolute Gasteiger partial charge is 0.191 e. The van der Waals surface area contributed by atoms with Gasteiger partial charge in [0.05, 0.1) is 6.61 Å². The highest BCUT2D eigenvalue weighted by molar-refractivity contribution is 14.0. The number of nitrogens with zero attached hydrogens (tertiary/aromatic N) is 2. The van der Waals surface area contributed by atoms with Gasteiger partial charge in [0.1, 0.15) is 12.4 Å². The SMILES string of the molecule is CCOCCOc1cc(C)ccc1CNC(=NC)NCCc1ccc(C)nc1.I. The van der Waals surface area contributed by atoms with Crippen molar-refractivity contribution in [3.05, 3.63) is 58.9 Å². The second-order valence-electron chi connectivity index (χ2n) is 6.57. The molecule has 0 aliphatic rings. The minimum Gasteiger partial charge on any atom is -0.491 e. The van der Waals surface area contributed by atoms with Crippen molar-refractivity contribution < 1.29 is 9.47 Å². The summed E-state index contributed by atoms with van der Waals surface area (Å²) in [5.41, 5.74) is 4.50. The fourth-order valence-corrected chi connectivity index (χ4v) is 2.67. The highest BCUT2D eigenvalue weighted by Gasteiger charge is 2.06. The molecule has 7 heteroatoms. The van der Waals surface area contributed by atoms with E-state index in [9.17, 15) is 0 Å². The van der Waals surface area contributed by atoms with E-state index in [0.717, 1.165) is 35.9 Å². The fourth-order valence-electron chi connectivity index (χ4n) is 2.67. The van der Waals surface area contributed by atoms with Gasteiger partial charge in [-0.05, 0) is 50.5 Å². The lowest BCUT2D eigenvalue weighted by molar-refractivity contribution is 0.110. The molecule has 1 aromatic heterocycles. The molecular weight excluding hydrogens is 479 g/mol. The van der Waals surface area contributed by atoms with Crippen LogP contribution >= 0.6 is 24.0 Å². The number of guanidine groups is 1. The normalized spacial score (nSPS) is 11.0. The Hall–Kier alpha value is -1.87. The molecule has 160 valence electrons. The lowest BCUT2D eigenvalue weighted by Gasteiger charge is -2.15. The molecular formula is C22H33IN4O2. The van der Waals surface area contributed by atoms with Gasteiger partial charge in [0.2, 0.25) is 0 Å². The summed E-state index contributed by atoms with van der Waals surface area (Å²) in [5, 5.41) is 6.70. The average molecular weight is 512 g/mol. The van der Waals surface area contributed by atoms with Crippen molar-refractivity contribution in [3.8, 4) is 5.75 Å². The number of hydrogen-bond donors (Lipinski definition) is 2. The van der Waals surface area contributed by atoms with E-state index in [1.54, 1.807) is 7.05 Å². The Bertz CT molecular complexity index is 751. The van der Waals surface area contributed by atoms with Gasteiger partial charge in [-0.15, -0.1) is 24.0 Å². The van der Waals surface area contributed by atoms with Crippen molar-refractivity contribution in [1.29, 1.82) is 0 Å². The minimum atomic E-state index is 0. The average Bonchev–Trinajstić information content (AvgIpc) is 2.70. The molecule has 0 bridgehead atoms. The Morgan fingerprint density at radius 1 is 1.10 bits per heavy atom. The lowest BCUT2D eigenvalue weighted by Crippen LogP contribution is -2.38. The van der Waals surface area contributed by atoms with Crippen molar-refractivity contribution in [2.75, 3.05) is 33.4 Å². The van der Waals surface area contributed by atoms with Crippen molar-refractivity contribution >= 4 is 29.9 Å². The van der Waals surface area contributed by atoms with Crippen LogP contribution in [0.3, 0.4) is 0 Å². The molecule has 2 rings (SSSR count). The Morgan fingerprint density at radius 2 is 1.93 bits per heavy atom. The number of pyridine rings is 1. The molecule has 0 atom stereocenters. The lowest BCUT2D eigenvalue weighted by atomic mass is 10.1. The molecule has 0 saturated heterocycles. The van der Waals surface area contributed by atoms with E-state index in [1.165, 1.54) is 11.1 Å². The summed E-state index contributed by atoms with van der Waals surface area (Å²) in [6, 6.07) is 10.4. The summed E-state index contributed by atoms with van der Waals surface area (Å²) >= 11 is 0. The van der Waals surface area contributed by atoms with Crippen LogP contribution in [-0.2, 0) is 17.7 Å². The van der Waals surface area contributed by atoms with E-state index in [-0.39, 0.29) is 24.0 Å². The molecule has 0 fully saturated rings. The van der Waals surface area contributed by atoms with Crippen LogP contribution in [0.2, 0.25) is 0 Å². The van der Waals surface area contributed by atoms with Crippen molar-refractivity contribution in [3.63, 3.8) is 0 Å². The van der Waals surface area contributed by atoms with E-state index in [1.807, 2.05) is 26.1 Å². The molecule has 2 aromatic rings. The summed E-state index contributed by atoms with van der Waals surface area (Å²) < 4.78 is 11.3. The van der Waals surface area contributed by atoms with Gasteiger partial charge >= 0.3 is 0 Å². The van der Waals surface area contributed by atoms with Crippen molar-refractivity contribution in [2.45, 2.75) is 33.7 Å². The number of aliphatic imine (C=N–C) groups is 1. The maximum atomic E-state index is 5.90. The Kier molecular flexibility index (Phi) is 12.3.